The maximum atomic E-state index is 12.6. The molecule has 0 aromatic heterocycles. The molecule has 0 saturated heterocycles. The van der Waals surface area contributed by atoms with Crippen LogP contribution in [0.15, 0.2) is 36.4 Å². The number of hydrogen-bond donors (Lipinski definition) is 1. The van der Waals surface area contributed by atoms with Crippen molar-refractivity contribution in [2.24, 2.45) is 5.73 Å². The fourth-order valence-corrected chi connectivity index (χ4v) is 3.07. The Kier molecular flexibility index (Phi) is 11.2. The van der Waals surface area contributed by atoms with E-state index in [1.54, 1.807) is 4.90 Å². The SMILES string of the molecule is C.CC.CC.Cc1cc(CN)cc2c1C(=O)N(Cc1ccc(OC(F)(F)F)cc1)C2. The third-order valence-electron chi connectivity index (χ3n) is 4.11. The molecule has 1 heterocycles. The zero-order chi connectivity index (χ0) is 22.2. The number of benzene rings is 2. The first-order valence-corrected chi connectivity index (χ1v) is 9.73. The summed E-state index contributed by atoms with van der Waals surface area (Å²) in [7, 11) is 0. The van der Waals surface area contributed by atoms with Crippen molar-refractivity contribution >= 4 is 5.91 Å². The molecule has 0 bridgehead atoms. The average Bonchev–Trinajstić information content (AvgIpc) is 3.01. The summed E-state index contributed by atoms with van der Waals surface area (Å²) >= 11 is 0. The van der Waals surface area contributed by atoms with Crippen molar-refractivity contribution in [1.29, 1.82) is 0 Å². The van der Waals surface area contributed by atoms with Gasteiger partial charge in [-0.1, -0.05) is 59.4 Å². The second-order valence-electron chi connectivity index (χ2n) is 6.00. The quantitative estimate of drug-likeness (QED) is 0.634. The molecule has 2 N–H and O–H groups in total. The molecule has 4 nitrogen and oxygen atoms in total. The normalized spacial score (nSPS) is 12.0. The second kappa shape index (κ2) is 12.2. The van der Waals surface area contributed by atoms with Crippen LogP contribution in [0, 0.1) is 6.92 Å². The van der Waals surface area contributed by atoms with Gasteiger partial charge in [0.05, 0.1) is 0 Å². The number of alkyl halides is 3. The van der Waals surface area contributed by atoms with Crippen LogP contribution in [0.2, 0.25) is 0 Å². The van der Waals surface area contributed by atoms with Crippen molar-refractivity contribution in [3.05, 3.63) is 64.2 Å². The highest BCUT2D eigenvalue weighted by Gasteiger charge is 2.31. The Labute approximate surface area is 177 Å². The minimum atomic E-state index is -4.72. The minimum Gasteiger partial charge on any atom is -0.406 e. The Hall–Kier alpha value is -2.54. The topological polar surface area (TPSA) is 55.6 Å². The number of halogens is 3. The summed E-state index contributed by atoms with van der Waals surface area (Å²) in [5.74, 6) is -0.359. The van der Waals surface area contributed by atoms with Crippen molar-refractivity contribution in [2.75, 3.05) is 0 Å². The van der Waals surface area contributed by atoms with Gasteiger partial charge < -0.3 is 15.4 Å². The molecule has 0 unspecified atom stereocenters. The first kappa shape index (κ1) is 27.5. The predicted molar refractivity (Wildman–Crippen MR) is 115 cm³/mol. The molecule has 1 aliphatic rings. The first-order valence-electron chi connectivity index (χ1n) is 9.73. The molecule has 2 aromatic carbocycles. The molecule has 0 aliphatic carbocycles. The van der Waals surface area contributed by atoms with E-state index in [2.05, 4.69) is 4.74 Å². The second-order valence-corrected chi connectivity index (χ2v) is 6.00. The van der Waals surface area contributed by atoms with E-state index in [4.69, 9.17) is 5.73 Å². The Bertz CT molecular complexity index is 803. The third-order valence-corrected chi connectivity index (χ3v) is 4.11. The van der Waals surface area contributed by atoms with E-state index < -0.39 is 6.36 Å². The van der Waals surface area contributed by atoms with Gasteiger partial charge in [-0.3, -0.25) is 4.79 Å². The maximum absolute atomic E-state index is 12.6. The fourth-order valence-electron chi connectivity index (χ4n) is 3.07. The number of carbonyl (C=O) groups excluding carboxylic acids is 1. The van der Waals surface area contributed by atoms with E-state index in [1.165, 1.54) is 24.3 Å². The smallest absolute Gasteiger partial charge is 0.406 e. The Morgan fingerprint density at radius 2 is 1.60 bits per heavy atom. The summed E-state index contributed by atoms with van der Waals surface area (Å²) in [6.45, 7) is 11.1. The van der Waals surface area contributed by atoms with Crippen molar-refractivity contribution in [3.8, 4) is 5.75 Å². The highest BCUT2D eigenvalue weighted by Crippen LogP contribution is 2.29. The van der Waals surface area contributed by atoms with E-state index in [0.717, 1.165) is 22.3 Å². The molecule has 2 aromatic rings. The van der Waals surface area contributed by atoms with Crippen molar-refractivity contribution in [2.45, 2.75) is 68.0 Å². The molecule has 1 amide bonds. The summed E-state index contributed by atoms with van der Waals surface area (Å²) < 4.78 is 40.4. The fraction of sp³-hybridized carbons (Fsp3) is 0.435. The van der Waals surface area contributed by atoms with Gasteiger partial charge in [0, 0.05) is 25.2 Å². The van der Waals surface area contributed by atoms with E-state index in [-0.39, 0.29) is 19.1 Å². The van der Waals surface area contributed by atoms with E-state index in [9.17, 15) is 18.0 Å². The van der Waals surface area contributed by atoms with Gasteiger partial charge in [-0.25, -0.2) is 0 Å². The number of aryl methyl sites for hydroxylation is 1. The lowest BCUT2D eigenvalue weighted by Crippen LogP contribution is -2.23. The van der Waals surface area contributed by atoms with Gasteiger partial charge in [-0.2, -0.15) is 0 Å². The lowest BCUT2D eigenvalue weighted by Gasteiger charge is -2.16. The monoisotopic (exact) mass is 426 g/mol. The number of fused-ring (bicyclic) bond motifs is 1. The van der Waals surface area contributed by atoms with Gasteiger partial charge in [0.1, 0.15) is 5.75 Å². The summed E-state index contributed by atoms with van der Waals surface area (Å²) in [5, 5.41) is 0. The Morgan fingerprint density at radius 1 is 1.03 bits per heavy atom. The van der Waals surface area contributed by atoms with Crippen LogP contribution >= 0.6 is 0 Å². The highest BCUT2D eigenvalue weighted by atomic mass is 19.4. The number of nitrogens with zero attached hydrogens (tertiary/aromatic N) is 1. The molecule has 0 radical (unpaired) electrons. The molecular formula is C23H33F3N2O2. The third kappa shape index (κ3) is 7.06. The van der Waals surface area contributed by atoms with Crippen LogP contribution < -0.4 is 10.5 Å². The number of nitrogens with two attached hydrogens (primary N) is 1. The van der Waals surface area contributed by atoms with Crippen LogP contribution in [0.4, 0.5) is 13.2 Å². The van der Waals surface area contributed by atoms with E-state index in [1.807, 2.05) is 46.8 Å². The zero-order valence-corrected chi connectivity index (χ0v) is 17.6. The predicted octanol–water partition coefficient (Wildman–Crippen LogP) is 6.20. The van der Waals surface area contributed by atoms with Crippen LogP contribution in [-0.4, -0.2) is 17.2 Å². The molecule has 0 spiro atoms. The summed E-state index contributed by atoms with van der Waals surface area (Å²) in [4.78, 5) is 14.3. The van der Waals surface area contributed by atoms with E-state index >= 15 is 0 Å². The number of carbonyl (C=O) groups is 1. The summed E-state index contributed by atoms with van der Waals surface area (Å²) in [6, 6.07) is 9.37. The molecular weight excluding hydrogens is 393 g/mol. The minimum absolute atomic E-state index is 0. The van der Waals surface area contributed by atoms with Crippen LogP contribution in [0.25, 0.3) is 0 Å². The molecule has 3 rings (SSSR count). The Balaban J connectivity index is 0.00000159. The van der Waals surface area contributed by atoms with Gasteiger partial charge >= 0.3 is 6.36 Å². The number of hydrogen-bond acceptors (Lipinski definition) is 3. The van der Waals surface area contributed by atoms with Gasteiger partial charge in [0.15, 0.2) is 0 Å². The lowest BCUT2D eigenvalue weighted by molar-refractivity contribution is -0.274. The average molecular weight is 427 g/mol. The van der Waals surface area contributed by atoms with Gasteiger partial charge in [0.2, 0.25) is 0 Å². The van der Waals surface area contributed by atoms with Crippen LogP contribution in [0.3, 0.4) is 0 Å². The van der Waals surface area contributed by atoms with Crippen molar-refractivity contribution in [3.63, 3.8) is 0 Å². The van der Waals surface area contributed by atoms with Crippen LogP contribution in [-0.2, 0) is 19.6 Å². The lowest BCUT2D eigenvalue weighted by atomic mass is 10.0. The summed E-state index contributed by atoms with van der Waals surface area (Å²) in [5.41, 5.74) is 9.88. The van der Waals surface area contributed by atoms with Crippen LogP contribution in [0.5, 0.6) is 5.75 Å². The molecule has 1 aliphatic heterocycles. The van der Waals surface area contributed by atoms with Crippen molar-refractivity contribution < 1.29 is 22.7 Å². The molecule has 0 fully saturated rings. The molecule has 7 heteroatoms. The summed E-state index contributed by atoms with van der Waals surface area (Å²) in [6.07, 6.45) is -4.72. The zero-order valence-electron chi connectivity index (χ0n) is 17.6. The van der Waals surface area contributed by atoms with Gasteiger partial charge in [-0.05, 0) is 41.3 Å². The number of amides is 1. The molecule has 0 atom stereocenters. The molecule has 0 saturated carbocycles. The first-order chi connectivity index (χ1) is 13.8. The van der Waals surface area contributed by atoms with Gasteiger partial charge in [-0.15, -0.1) is 13.2 Å². The Morgan fingerprint density at radius 3 is 2.10 bits per heavy atom. The van der Waals surface area contributed by atoms with E-state index in [0.29, 0.717) is 25.2 Å². The van der Waals surface area contributed by atoms with Crippen molar-refractivity contribution in [1.82, 2.24) is 4.90 Å². The molecule has 30 heavy (non-hydrogen) atoms. The standard InChI is InChI=1S/C18H17F3N2O2.2C2H6.CH4/c1-11-6-13(8-22)7-14-10-23(17(24)16(11)14)9-12-2-4-15(5-3-12)25-18(19,20)21;2*1-2;/h2-7H,8-10,22H2,1H3;2*1-2H3;1H4. The van der Waals surface area contributed by atoms with Crippen LogP contribution in [0.1, 0.15) is 67.7 Å². The maximum Gasteiger partial charge on any atom is 0.573 e. The number of ether oxygens (including phenoxy) is 1. The van der Waals surface area contributed by atoms with Gasteiger partial charge in [0.25, 0.3) is 5.91 Å². The largest absolute Gasteiger partial charge is 0.573 e. The number of rotatable bonds is 4. The molecule has 168 valence electrons. The highest BCUT2D eigenvalue weighted by molar-refractivity contribution is 5.99.